The molecule has 1 heterocycles. The smallest absolute Gasteiger partial charge is 0.138 e. The van der Waals surface area contributed by atoms with Crippen molar-refractivity contribution < 1.29 is 14.2 Å². The molecule has 5 heteroatoms. The monoisotopic (exact) mass is 317 g/mol. The van der Waals surface area contributed by atoms with Crippen LogP contribution in [-0.2, 0) is 0 Å². The van der Waals surface area contributed by atoms with Crippen LogP contribution >= 0.6 is 11.8 Å². The maximum atomic E-state index is 13.6. The second-order valence-electron chi connectivity index (χ2n) is 4.93. The molecule has 0 unspecified atom stereocenters. The van der Waals surface area contributed by atoms with E-state index in [4.69, 9.17) is 4.74 Å². The fourth-order valence-corrected chi connectivity index (χ4v) is 3.29. The van der Waals surface area contributed by atoms with Gasteiger partial charge in [-0.3, -0.25) is 0 Å². The zero-order chi connectivity index (χ0) is 15.5. The Labute approximate surface area is 132 Å². The molecule has 0 radical (unpaired) electrons. The molecule has 0 aliphatic carbocycles. The summed E-state index contributed by atoms with van der Waals surface area (Å²) in [6, 6.07) is 9.47. The van der Waals surface area contributed by atoms with Gasteiger partial charge in [0.1, 0.15) is 23.1 Å². The number of nitrogens with one attached hydrogen (secondary N) is 1. The van der Waals surface area contributed by atoms with Crippen LogP contribution in [0.1, 0.15) is 11.1 Å². The molecular weight excluding hydrogens is 301 g/mol. The summed E-state index contributed by atoms with van der Waals surface area (Å²) in [5.74, 6) is 1.87. The molecule has 0 bridgehead atoms. The van der Waals surface area contributed by atoms with Gasteiger partial charge in [-0.15, -0.1) is 11.8 Å². The van der Waals surface area contributed by atoms with Crippen LogP contribution in [0.3, 0.4) is 0 Å². The predicted molar refractivity (Wildman–Crippen MR) is 88.8 cm³/mol. The number of thioether (sulfide) groups is 1. The summed E-state index contributed by atoms with van der Waals surface area (Å²) in [6.07, 6.45) is 1.97. The minimum atomic E-state index is -0.295. The van der Waals surface area contributed by atoms with Crippen molar-refractivity contribution in [3.8, 4) is 17.2 Å². The highest BCUT2D eigenvalue weighted by atomic mass is 32.2. The van der Waals surface area contributed by atoms with E-state index < -0.39 is 0 Å². The Balaban J connectivity index is 2.07. The third kappa shape index (κ3) is 3.10. The van der Waals surface area contributed by atoms with Crippen molar-refractivity contribution in [2.45, 2.75) is 0 Å². The van der Waals surface area contributed by atoms with E-state index in [2.05, 4.69) is 5.32 Å². The number of hydrogen-bond acceptors (Lipinski definition) is 4. The van der Waals surface area contributed by atoms with Gasteiger partial charge in [-0.05, 0) is 43.5 Å². The molecule has 2 aromatic rings. The molecule has 0 saturated carbocycles. The molecule has 0 spiro atoms. The molecule has 0 aromatic heterocycles. The number of benzene rings is 2. The summed E-state index contributed by atoms with van der Waals surface area (Å²) in [7, 11) is 1.90. The highest BCUT2D eigenvalue weighted by molar-refractivity contribution is 8.08. The zero-order valence-electron chi connectivity index (χ0n) is 12.1. The zero-order valence-corrected chi connectivity index (χ0v) is 12.9. The van der Waals surface area contributed by atoms with Crippen LogP contribution in [0.5, 0.6) is 17.2 Å². The van der Waals surface area contributed by atoms with Crippen molar-refractivity contribution in [2.24, 2.45) is 0 Å². The van der Waals surface area contributed by atoms with E-state index in [0.29, 0.717) is 11.5 Å². The molecule has 22 heavy (non-hydrogen) atoms. The number of halogens is 1. The molecule has 0 amide bonds. The number of hydrogen-bond donors (Lipinski definition) is 2. The summed E-state index contributed by atoms with van der Waals surface area (Å²) in [5.41, 5.74) is 1.60. The van der Waals surface area contributed by atoms with E-state index in [-0.39, 0.29) is 11.6 Å². The minimum absolute atomic E-state index is 0.141. The molecule has 0 fully saturated rings. The van der Waals surface area contributed by atoms with E-state index in [1.54, 1.807) is 36.0 Å². The first kappa shape index (κ1) is 14.9. The molecule has 114 valence electrons. The van der Waals surface area contributed by atoms with Crippen LogP contribution in [0, 0.1) is 5.82 Å². The number of ether oxygens (including phenoxy) is 1. The van der Waals surface area contributed by atoms with Gasteiger partial charge in [0.2, 0.25) is 0 Å². The van der Waals surface area contributed by atoms with E-state index in [1.165, 1.54) is 12.1 Å². The quantitative estimate of drug-likeness (QED) is 0.834. The Morgan fingerprint density at radius 2 is 2.05 bits per heavy atom. The number of phenols is 1. The van der Waals surface area contributed by atoms with Crippen molar-refractivity contribution in [3.63, 3.8) is 0 Å². The van der Waals surface area contributed by atoms with Gasteiger partial charge in [-0.25, -0.2) is 4.39 Å². The SMILES string of the molecule is CNCCSC1=Cc2ccc(O)cc2Oc2ccc(F)cc21. The van der Waals surface area contributed by atoms with Crippen LogP contribution in [0.4, 0.5) is 4.39 Å². The molecular formula is C17H16FNO2S. The van der Waals surface area contributed by atoms with Crippen molar-refractivity contribution in [3.05, 3.63) is 53.3 Å². The van der Waals surface area contributed by atoms with Crippen molar-refractivity contribution in [1.29, 1.82) is 0 Å². The van der Waals surface area contributed by atoms with Gasteiger partial charge in [0.25, 0.3) is 0 Å². The minimum Gasteiger partial charge on any atom is -0.508 e. The Morgan fingerprint density at radius 1 is 1.18 bits per heavy atom. The lowest BCUT2D eigenvalue weighted by Crippen LogP contribution is -2.09. The second-order valence-corrected chi connectivity index (χ2v) is 6.06. The average Bonchev–Trinajstić information content (AvgIpc) is 2.64. The lowest BCUT2D eigenvalue weighted by atomic mass is 10.1. The number of rotatable bonds is 4. The van der Waals surface area contributed by atoms with E-state index in [9.17, 15) is 9.50 Å². The molecule has 2 aromatic carbocycles. The maximum Gasteiger partial charge on any atom is 0.138 e. The van der Waals surface area contributed by atoms with Crippen molar-refractivity contribution >= 4 is 22.7 Å². The summed E-state index contributed by atoms with van der Waals surface area (Å²) in [5, 5.41) is 12.7. The van der Waals surface area contributed by atoms with Gasteiger partial charge in [-0.1, -0.05) is 0 Å². The summed E-state index contributed by atoms with van der Waals surface area (Å²) in [6.45, 7) is 0.857. The van der Waals surface area contributed by atoms with Gasteiger partial charge in [-0.2, -0.15) is 0 Å². The Kier molecular flexibility index (Phi) is 4.36. The maximum absolute atomic E-state index is 13.6. The second kappa shape index (κ2) is 6.42. The van der Waals surface area contributed by atoms with E-state index in [1.807, 2.05) is 13.1 Å². The lowest BCUT2D eigenvalue weighted by Gasteiger charge is -2.11. The number of aromatic hydroxyl groups is 1. The van der Waals surface area contributed by atoms with Crippen LogP contribution in [-0.4, -0.2) is 24.5 Å². The van der Waals surface area contributed by atoms with Crippen LogP contribution < -0.4 is 10.1 Å². The van der Waals surface area contributed by atoms with Gasteiger partial charge >= 0.3 is 0 Å². The molecule has 3 rings (SSSR count). The number of phenolic OH excluding ortho intramolecular Hbond substituents is 1. The highest BCUT2D eigenvalue weighted by Gasteiger charge is 2.18. The third-order valence-electron chi connectivity index (χ3n) is 3.32. The van der Waals surface area contributed by atoms with Crippen LogP contribution in [0.2, 0.25) is 0 Å². The van der Waals surface area contributed by atoms with E-state index in [0.717, 1.165) is 28.3 Å². The van der Waals surface area contributed by atoms with Crippen molar-refractivity contribution in [2.75, 3.05) is 19.3 Å². The van der Waals surface area contributed by atoms with E-state index >= 15 is 0 Å². The number of fused-ring (bicyclic) bond motifs is 2. The van der Waals surface area contributed by atoms with Crippen LogP contribution in [0.25, 0.3) is 11.0 Å². The largest absolute Gasteiger partial charge is 0.508 e. The normalized spacial score (nSPS) is 12.7. The fraction of sp³-hybridized carbons (Fsp3) is 0.176. The van der Waals surface area contributed by atoms with Crippen LogP contribution in [0.15, 0.2) is 36.4 Å². The van der Waals surface area contributed by atoms with Crippen molar-refractivity contribution in [1.82, 2.24) is 5.32 Å². The first-order chi connectivity index (χ1) is 10.7. The molecule has 2 N–H and O–H groups in total. The molecule has 1 aliphatic heterocycles. The highest BCUT2D eigenvalue weighted by Crippen LogP contribution is 2.43. The average molecular weight is 317 g/mol. The topological polar surface area (TPSA) is 41.5 Å². The van der Waals surface area contributed by atoms with Gasteiger partial charge in [0, 0.05) is 34.4 Å². The van der Waals surface area contributed by atoms with Gasteiger partial charge in [0.15, 0.2) is 0 Å². The lowest BCUT2D eigenvalue weighted by molar-refractivity contribution is 0.454. The van der Waals surface area contributed by atoms with Gasteiger partial charge < -0.3 is 15.2 Å². The first-order valence-electron chi connectivity index (χ1n) is 6.97. The standard InChI is InChI=1S/C17H16FNO2S/c1-19-6-7-22-17-8-11-2-4-13(20)10-16(11)21-15-5-3-12(18)9-14(15)17/h2-5,8-10,19-20H,6-7H2,1H3. The fourth-order valence-electron chi connectivity index (χ4n) is 2.23. The molecule has 0 saturated heterocycles. The molecule has 3 nitrogen and oxygen atoms in total. The Bertz CT molecular complexity index is 731. The molecule has 1 aliphatic rings. The summed E-state index contributed by atoms with van der Waals surface area (Å²) in [4.78, 5) is 0.953. The summed E-state index contributed by atoms with van der Waals surface area (Å²) < 4.78 is 19.5. The summed E-state index contributed by atoms with van der Waals surface area (Å²) >= 11 is 1.64. The Morgan fingerprint density at radius 3 is 2.86 bits per heavy atom. The first-order valence-corrected chi connectivity index (χ1v) is 7.96. The molecule has 0 atom stereocenters. The Hall–Kier alpha value is -1.98. The van der Waals surface area contributed by atoms with Gasteiger partial charge in [0.05, 0.1) is 0 Å². The third-order valence-corrected chi connectivity index (χ3v) is 4.38. The predicted octanol–water partition coefficient (Wildman–Crippen LogP) is 4.09.